The molecule has 2 aromatic carbocycles. The van der Waals surface area contributed by atoms with Gasteiger partial charge in [0, 0.05) is 10.7 Å². The Kier molecular flexibility index (Phi) is 4.94. The first kappa shape index (κ1) is 15.5. The highest BCUT2D eigenvalue weighted by Crippen LogP contribution is 2.26. The fraction of sp³-hybridized carbons (Fsp3) is 0.133. The molecule has 0 radical (unpaired) electrons. The lowest BCUT2D eigenvalue weighted by molar-refractivity contribution is 0.262. The van der Waals surface area contributed by atoms with E-state index in [-0.39, 0.29) is 6.03 Å². The van der Waals surface area contributed by atoms with Gasteiger partial charge < -0.3 is 15.4 Å². The molecule has 0 aliphatic rings. The minimum atomic E-state index is -0.382. The molecule has 0 saturated heterocycles. The zero-order valence-electron chi connectivity index (χ0n) is 11.5. The molecule has 0 aromatic heterocycles. The van der Waals surface area contributed by atoms with E-state index in [2.05, 4.69) is 10.6 Å². The van der Waals surface area contributed by atoms with Gasteiger partial charge in [0.15, 0.2) is 0 Å². The summed E-state index contributed by atoms with van der Waals surface area (Å²) in [6.07, 6.45) is 0. The van der Waals surface area contributed by atoms with Gasteiger partial charge in [-0.3, -0.25) is 0 Å². The van der Waals surface area contributed by atoms with Crippen LogP contribution < -0.4 is 15.4 Å². The van der Waals surface area contributed by atoms with Gasteiger partial charge in [-0.05, 0) is 48.9 Å². The summed E-state index contributed by atoms with van der Waals surface area (Å²) in [5.41, 5.74) is 2.08. The number of ether oxygens (including phenoxy) is 1. The predicted octanol–water partition coefficient (Wildman–Crippen LogP) is 4.95. The first-order chi connectivity index (χ1) is 9.99. The zero-order valence-corrected chi connectivity index (χ0v) is 13.0. The lowest BCUT2D eigenvalue weighted by atomic mass is 10.2. The molecule has 0 atom stereocenters. The highest BCUT2D eigenvalue weighted by atomic mass is 35.5. The quantitative estimate of drug-likeness (QED) is 0.838. The van der Waals surface area contributed by atoms with Crippen molar-refractivity contribution in [3.05, 3.63) is 52.0 Å². The molecule has 2 N–H and O–H groups in total. The van der Waals surface area contributed by atoms with E-state index in [0.717, 1.165) is 11.3 Å². The number of benzene rings is 2. The molecule has 4 nitrogen and oxygen atoms in total. The van der Waals surface area contributed by atoms with E-state index in [9.17, 15) is 4.79 Å². The summed E-state index contributed by atoms with van der Waals surface area (Å²) in [7, 11) is 1.59. The fourth-order valence-electron chi connectivity index (χ4n) is 1.77. The van der Waals surface area contributed by atoms with Crippen LogP contribution in [-0.2, 0) is 0 Å². The predicted molar refractivity (Wildman–Crippen MR) is 86.8 cm³/mol. The maximum absolute atomic E-state index is 12.0. The van der Waals surface area contributed by atoms with Crippen LogP contribution in [0.1, 0.15) is 5.56 Å². The van der Waals surface area contributed by atoms with Crippen LogP contribution in [0.2, 0.25) is 10.0 Å². The minimum absolute atomic E-state index is 0.379. The summed E-state index contributed by atoms with van der Waals surface area (Å²) >= 11 is 11.8. The van der Waals surface area contributed by atoms with Crippen molar-refractivity contribution in [3.8, 4) is 5.75 Å². The third-order valence-electron chi connectivity index (χ3n) is 2.86. The second-order valence-corrected chi connectivity index (χ2v) is 5.23. The number of rotatable bonds is 3. The monoisotopic (exact) mass is 324 g/mol. The van der Waals surface area contributed by atoms with Crippen LogP contribution in [-0.4, -0.2) is 13.1 Å². The summed E-state index contributed by atoms with van der Waals surface area (Å²) in [6, 6.07) is 9.87. The van der Waals surface area contributed by atoms with Crippen molar-refractivity contribution in [1.29, 1.82) is 0 Å². The fourth-order valence-corrected chi connectivity index (χ4v) is 2.23. The third-order valence-corrected chi connectivity index (χ3v) is 3.41. The molecule has 0 heterocycles. The number of methoxy groups -OCH3 is 1. The number of amides is 2. The topological polar surface area (TPSA) is 50.4 Å². The average molecular weight is 325 g/mol. The van der Waals surface area contributed by atoms with Crippen molar-refractivity contribution < 1.29 is 9.53 Å². The van der Waals surface area contributed by atoms with Crippen LogP contribution in [0.3, 0.4) is 0 Å². The smallest absolute Gasteiger partial charge is 0.323 e. The van der Waals surface area contributed by atoms with E-state index >= 15 is 0 Å². The van der Waals surface area contributed by atoms with Gasteiger partial charge >= 0.3 is 6.03 Å². The van der Waals surface area contributed by atoms with Crippen molar-refractivity contribution in [3.63, 3.8) is 0 Å². The van der Waals surface area contributed by atoms with Crippen LogP contribution in [0.25, 0.3) is 0 Å². The van der Waals surface area contributed by atoms with Gasteiger partial charge in [0.25, 0.3) is 0 Å². The summed E-state index contributed by atoms with van der Waals surface area (Å²) in [5, 5.41) is 6.31. The molecular weight excluding hydrogens is 311 g/mol. The molecule has 6 heteroatoms. The second-order valence-electron chi connectivity index (χ2n) is 4.38. The Hall–Kier alpha value is -1.91. The van der Waals surface area contributed by atoms with E-state index < -0.39 is 0 Å². The van der Waals surface area contributed by atoms with E-state index in [1.54, 1.807) is 37.4 Å². The molecule has 0 aliphatic heterocycles. The number of nitrogens with one attached hydrogen (secondary N) is 2. The molecule has 0 fully saturated rings. The molecule has 21 heavy (non-hydrogen) atoms. The molecule has 2 aromatic rings. The van der Waals surface area contributed by atoms with Gasteiger partial charge in [-0.2, -0.15) is 0 Å². The number of carbonyl (C=O) groups is 1. The molecule has 0 bridgehead atoms. The van der Waals surface area contributed by atoms with Crippen molar-refractivity contribution in [2.45, 2.75) is 6.92 Å². The van der Waals surface area contributed by atoms with Crippen LogP contribution >= 0.6 is 23.2 Å². The van der Waals surface area contributed by atoms with Gasteiger partial charge in [-0.25, -0.2) is 4.79 Å². The Labute approximate surface area is 133 Å². The first-order valence-electron chi connectivity index (χ1n) is 6.17. The third kappa shape index (κ3) is 4.03. The average Bonchev–Trinajstić information content (AvgIpc) is 2.44. The largest absolute Gasteiger partial charge is 0.497 e. The highest BCUT2D eigenvalue weighted by molar-refractivity contribution is 6.36. The second kappa shape index (κ2) is 6.70. The van der Waals surface area contributed by atoms with Gasteiger partial charge in [-0.1, -0.05) is 23.2 Å². The molecule has 0 aliphatic carbocycles. The van der Waals surface area contributed by atoms with Gasteiger partial charge in [-0.15, -0.1) is 0 Å². The Morgan fingerprint density at radius 1 is 1.05 bits per heavy atom. The Bertz CT molecular complexity index is 675. The molecule has 2 amide bonds. The number of carbonyl (C=O) groups excluding carboxylic acids is 1. The summed E-state index contributed by atoms with van der Waals surface area (Å²) in [4.78, 5) is 12.0. The van der Waals surface area contributed by atoms with Crippen LogP contribution in [0.5, 0.6) is 5.75 Å². The van der Waals surface area contributed by atoms with Crippen LogP contribution in [0.4, 0.5) is 16.2 Å². The summed E-state index contributed by atoms with van der Waals surface area (Å²) < 4.78 is 5.12. The first-order valence-corrected chi connectivity index (χ1v) is 6.93. The SMILES string of the molecule is COc1ccc(NC(=O)Nc2ccc(Cl)cc2Cl)c(C)c1. The van der Waals surface area contributed by atoms with Gasteiger partial charge in [0.05, 0.1) is 17.8 Å². The van der Waals surface area contributed by atoms with E-state index in [1.165, 1.54) is 0 Å². The number of urea groups is 1. The number of anilines is 2. The zero-order chi connectivity index (χ0) is 15.4. The Balaban J connectivity index is 2.08. The maximum atomic E-state index is 12.0. The lowest BCUT2D eigenvalue weighted by Gasteiger charge is -2.12. The molecule has 0 spiro atoms. The number of halogens is 2. The van der Waals surface area contributed by atoms with Crippen molar-refractivity contribution in [1.82, 2.24) is 0 Å². The molecule has 110 valence electrons. The maximum Gasteiger partial charge on any atom is 0.323 e. The van der Waals surface area contributed by atoms with Crippen molar-refractivity contribution in [2.75, 3.05) is 17.7 Å². The minimum Gasteiger partial charge on any atom is -0.497 e. The molecular formula is C15H14Cl2N2O2. The van der Waals surface area contributed by atoms with Crippen LogP contribution in [0.15, 0.2) is 36.4 Å². The van der Waals surface area contributed by atoms with E-state index in [4.69, 9.17) is 27.9 Å². The Morgan fingerprint density at radius 2 is 1.71 bits per heavy atom. The number of aryl methyl sites for hydroxylation is 1. The summed E-state index contributed by atoms with van der Waals surface area (Å²) in [6.45, 7) is 1.88. The molecule has 0 unspecified atom stereocenters. The lowest BCUT2D eigenvalue weighted by Crippen LogP contribution is -2.20. The standard InChI is InChI=1S/C15H14Cl2N2O2/c1-9-7-11(21-2)4-6-13(9)18-15(20)19-14-5-3-10(16)8-12(14)17/h3-8H,1-2H3,(H2,18,19,20). The Morgan fingerprint density at radius 3 is 2.33 bits per heavy atom. The summed E-state index contributed by atoms with van der Waals surface area (Å²) in [5.74, 6) is 0.735. The van der Waals surface area contributed by atoms with Gasteiger partial charge in [0.1, 0.15) is 5.75 Å². The van der Waals surface area contributed by atoms with E-state index in [0.29, 0.717) is 21.4 Å². The highest BCUT2D eigenvalue weighted by Gasteiger charge is 2.08. The van der Waals surface area contributed by atoms with E-state index in [1.807, 2.05) is 13.0 Å². The number of hydrogen-bond acceptors (Lipinski definition) is 2. The molecule has 2 rings (SSSR count). The van der Waals surface area contributed by atoms with Crippen molar-refractivity contribution >= 4 is 40.6 Å². The van der Waals surface area contributed by atoms with Crippen molar-refractivity contribution in [2.24, 2.45) is 0 Å². The van der Waals surface area contributed by atoms with Crippen LogP contribution in [0, 0.1) is 6.92 Å². The molecule has 0 saturated carbocycles. The number of hydrogen-bond donors (Lipinski definition) is 2. The normalized spacial score (nSPS) is 10.1. The van der Waals surface area contributed by atoms with Gasteiger partial charge in [0.2, 0.25) is 0 Å².